The molecule has 29 heavy (non-hydrogen) atoms. The van der Waals surface area contributed by atoms with Gasteiger partial charge in [0.05, 0.1) is 6.61 Å². The number of hydrogen-bond donors (Lipinski definition) is 2. The lowest BCUT2D eigenvalue weighted by Crippen LogP contribution is -2.35. The van der Waals surface area contributed by atoms with Gasteiger partial charge in [-0.1, -0.05) is 54.6 Å². The molecule has 2 aromatic rings. The fourth-order valence-electron chi connectivity index (χ4n) is 3.95. The SMILES string of the molecule is CN(CCCCCOc1cccc2ccccc12)C(=O)C1=CC2NCNC2C=C1. The Kier molecular flexibility index (Phi) is 6.27. The molecular weight excluding hydrogens is 362 g/mol. The second-order valence-corrected chi connectivity index (χ2v) is 7.73. The van der Waals surface area contributed by atoms with Crippen LogP contribution in [-0.4, -0.2) is 49.8 Å². The summed E-state index contributed by atoms with van der Waals surface area (Å²) >= 11 is 0. The van der Waals surface area contributed by atoms with E-state index < -0.39 is 0 Å². The predicted octanol–water partition coefficient (Wildman–Crippen LogP) is 3.23. The van der Waals surface area contributed by atoms with Crippen molar-refractivity contribution in [3.8, 4) is 5.75 Å². The molecule has 0 saturated carbocycles. The van der Waals surface area contributed by atoms with Gasteiger partial charge in [-0.3, -0.25) is 15.4 Å². The van der Waals surface area contributed by atoms with E-state index in [9.17, 15) is 4.79 Å². The molecule has 2 unspecified atom stereocenters. The lowest BCUT2D eigenvalue weighted by atomic mass is 9.98. The van der Waals surface area contributed by atoms with Gasteiger partial charge in [-0.2, -0.15) is 0 Å². The zero-order valence-electron chi connectivity index (χ0n) is 16.9. The number of carbonyl (C=O) groups is 1. The number of rotatable bonds is 8. The van der Waals surface area contributed by atoms with Crippen LogP contribution in [0, 0.1) is 0 Å². The van der Waals surface area contributed by atoms with Crippen LogP contribution in [0.15, 0.2) is 66.3 Å². The van der Waals surface area contributed by atoms with Crippen LogP contribution < -0.4 is 15.4 Å². The third-order valence-corrected chi connectivity index (χ3v) is 5.64. The van der Waals surface area contributed by atoms with Crippen molar-refractivity contribution in [1.29, 1.82) is 0 Å². The second kappa shape index (κ2) is 9.25. The highest BCUT2D eigenvalue weighted by atomic mass is 16.5. The Morgan fingerprint density at radius 3 is 2.83 bits per heavy atom. The molecule has 2 aromatic carbocycles. The topological polar surface area (TPSA) is 53.6 Å². The van der Waals surface area contributed by atoms with Gasteiger partial charge in [0.2, 0.25) is 0 Å². The van der Waals surface area contributed by atoms with E-state index in [1.54, 1.807) is 0 Å². The van der Waals surface area contributed by atoms with Gasteiger partial charge in [0.1, 0.15) is 5.75 Å². The van der Waals surface area contributed by atoms with Crippen molar-refractivity contribution in [2.45, 2.75) is 31.3 Å². The smallest absolute Gasteiger partial charge is 0.253 e. The molecule has 0 aromatic heterocycles. The van der Waals surface area contributed by atoms with Crippen LogP contribution in [0.4, 0.5) is 0 Å². The minimum atomic E-state index is 0.0976. The van der Waals surface area contributed by atoms with E-state index >= 15 is 0 Å². The van der Waals surface area contributed by atoms with Gasteiger partial charge >= 0.3 is 0 Å². The highest BCUT2D eigenvalue weighted by Gasteiger charge is 2.27. The zero-order chi connectivity index (χ0) is 20.1. The summed E-state index contributed by atoms with van der Waals surface area (Å²) in [5, 5.41) is 9.05. The molecule has 1 fully saturated rings. The minimum Gasteiger partial charge on any atom is -0.493 e. The number of unbranched alkanes of at least 4 members (excludes halogenated alkanes) is 2. The van der Waals surface area contributed by atoms with E-state index in [0.29, 0.717) is 12.6 Å². The summed E-state index contributed by atoms with van der Waals surface area (Å²) in [4.78, 5) is 14.5. The van der Waals surface area contributed by atoms with Crippen LogP contribution in [0.25, 0.3) is 10.8 Å². The number of nitrogens with one attached hydrogen (secondary N) is 2. The monoisotopic (exact) mass is 391 g/mol. The maximum atomic E-state index is 12.6. The van der Waals surface area contributed by atoms with E-state index in [1.165, 1.54) is 5.39 Å². The third kappa shape index (κ3) is 4.69. The zero-order valence-corrected chi connectivity index (χ0v) is 16.9. The summed E-state index contributed by atoms with van der Waals surface area (Å²) in [6, 6.07) is 15.0. The van der Waals surface area contributed by atoms with Crippen molar-refractivity contribution >= 4 is 16.7 Å². The lowest BCUT2D eigenvalue weighted by Gasteiger charge is -2.22. The molecule has 4 rings (SSSR count). The summed E-state index contributed by atoms with van der Waals surface area (Å²) in [6.45, 7) is 2.24. The number of nitrogens with zero attached hydrogens (tertiary/aromatic N) is 1. The Morgan fingerprint density at radius 2 is 1.90 bits per heavy atom. The number of likely N-dealkylation sites (N-methyl/N-ethyl adjacent to an activating group) is 1. The summed E-state index contributed by atoms with van der Waals surface area (Å²) in [5.41, 5.74) is 0.782. The molecule has 0 radical (unpaired) electrons. The van der Waals surface area contributed by atoms with E-state index in [4.69, 9.17) is 4.74 Å². The maximum absolute atomic E-state index is 12.6. The van der Waals surface area contributed by atoms with E-state index in [0.717, 1.165) is 49.2 Å². The van der Waals surface area contributed by atoms with Gasteiger partial charge in [0.15, 0.2) is 0 Å². The first-order valence-electron chi connectivity index (χ1n) is 10.5. The molecule has 2 atom stereocenters. The van der Waals surface area contributed by atoms with Gasteiger partial charge in [0, 0.05) is 43.3 Å². The molecule has 1 aliphatic carbocycles. The number of ether oxygens (including phenoxy) is 1. The number of benzene rings is 2. The van der Waals surface area contributed by atoms with Gasteiger partial charge in [-0.15, -0.1) is 0 Å². The minimum absolute atomic E-state index is 0.0976. The number of carbonyl (C=O) groups excluding carboxylic acids is 1. The number of hydrogen-bond acceptors (Lipinski definition) is 4. The first-order chi connectivity index (χ1) is 14.2. The first-order valence-corrected chi connectivity index (χ1v) is 10.5. The molecule has 0 bridgehead atoms. The van der Waals surface area contributed by atoms with Crippen molar-refractivity contribution in [2.24, 2.45) is 0 Å². The largest absolute Gasteiger partial charge is 0.493 e. The van der Waals surface area contributed by atoms with E-state index in [2.05, 4.69) is 34.9 Å². The molecule has 5 nitrogen and oxygen atoms in total. The number of amides is 1. The molecule has 2 aliphatic rings. The van der Waals surface area contributed by atoms with Crippen molar-refractivity contribution in [3.63, 3.8) is 0 Å². The Hall–Kier alpha value is -2.63. The molecule has 1 heterocycles. The number of fused-ring (bicyclic) bond motifs is 2. The van der Waals surface area contributed by atoms with Crippen molar-refractivity contribution < 1.29 is 9.53 Å². The van der Waals surface area contributed by atoms with E-state index in [-0.39, 0.29) is 11.9 Å². The van der Waals surface area contributed by atoms with Crippen LogP contribution in [0.1, 0.15) is 19.3 Å². The molecular formula is C24H29N3O2. The predicted molar refractivity (Wildman–Crippen MR) is 117 cm³/mol. The molecule has 152 valence electrons. The summed E-state index contributed by atoms with van der Waals surface area (Å²) in [5.74, 6) is 1.04. The van der Waals surface area contributed by atoms with Crippen LogP contribution in [0.3, 0.4) is 0 Å². The van der Waals surface area contributed by atoms with Crippen LogP contribution in [0.2, 0.25) is 0 Å². The highest BCUT2D eigenvalue weighted by Crippen LogP contribution is 2.25. The van der Waals surface area contributed by atoms with Gasteiger partial charge in [0.25, 0.3) is 5.91 Å². The molecule has 0 spiro atoms. The van der Waals surface area contributed by atoms with Gasteiger partial charge in [-0.25, -0.2) is 0 Å². The fraction of sp³-hybridized carbons (Fsp3) is 0.375. The van der Waals surface area contributed by atoms with Gasteiger partial charge in [-0.05, 0) is 30.7 Å². The molecule has 2 N–H and O–H groups in total. The quantitative estimate of drug-likeness (QED) is 0.679. The van der Waals surface area contributed by atoms with Crippen molar-refractivity contribution in [2.75, 3.05) is 26.9 Å². The summed E-state index contributed by atoms with van der Waals surface area (Å²) in [7, 11) is 1.88. The Morgan fingerprint density at radius 1 is 1.07 bits per heavy atom. The molecule has 1 saturated heterocycles. The Labute approximate surface area is 172 Å². The van der Waals surface area contributed by atoms with Crippen LogP contribution in [-0.2, 0) is 4.79 Å². The fourth-order valence-corrected chi connectivity index (χ4v) is 3.95. The second-order valence-electron chi connectivity index (χ2n) is 7.73. The first kappa shape index (κ1) is 19.7. The van der Waals surface area contributed by atoms with Crippen molar-refractivity contribution in [1.82, 2.24) is 15.5 Å². The normalized spacial score (nSPS) is 20.4. The molecule has 5 heteroatoms. The average Bonchev–Trinajstić information content (AvgIpc) is 3.23. The summed E-state index contributed by atoms with van der Waals surface area (Å²) < 4.78 is 6.00. The third-order valence-electron chi connectivity index (χ3n) is 5.64. The summed E-state index contributed by atoms with van der Waals surface area (Å²) in [6.07, 6.45) is 9.06. The van der Waals surface area contributed by atoms with Crippen molar-refractivity contribution in [3.05, 3.63) is 66.3 Å². The lowest BCUT2D eigenvalue weighted by molar-refractivity contribution is -0.125. The standard InChI is InChI=1S/C24H29N3O2/c1-27(24(28)19-12-13-21-22(16-19)26-17-25-21)14-5-2-6-15-29-23-11-7-9-18-8-3-4-10-20(18)23/h3-4,7-13,16,21-22,25-26H,2,5-6,14-15,17H2,1H3. The molecule has 1 amide bonds. The van der Waals surface area contributed by atoms with Crippen LogP contribution in [0.5, 0.6) is 5.75 Å². The van der Waals surface area contributed by atoms with Gasteiger partial charge < -0.3 is 9.64 Å². The highest BCUT2D eigenvalue weighted by molar-refractivity contribution is 5.96. The molecule has 1 aliphatic heterocycles. The Bertz CT molecular complexity index is 916. The Balaban J connectivity index is 1.18. The maximum Gasteiger partial charge on any atom is 0.253 e. The van der Waals surface area contributed by atoms with E-state index in [1.807, 2.05) is 48.4 Å². The van der Waals surface area contributed by atoms with Crippen LogP contribution >= 0.6 is 0 Å². The average molecular weight is 392 g/mol.